The van der Waals surface area contributed by atoms with E-state index in [-0.39, 0.29) is 86.2 Å². The van der Waals surface area contributed by atoms with Crippen LogP contribution in [0.1, 0.15) is 6.92 Å². The summed E-state index contributed by atoms with van der Waals surface area (Å²) in [5, 5.41) is 31.6. The maximum absolute atomic E-state index is 12.9. The normalized spacial score (nSPS) is 12.7. The fraction of sp³-hybridized carbons (Fsp3) is 0.150. The van der Waals surface area contributed by atoms with Crippen molar-refractivity contribution >= 4 is 64.1 Å². The quantitative estimate of drug-likeness (QED) is 0.0764. The van der Waals surface area contributed by atoms with Crippen LogP contribution in [-0.2, 0) is 34.5 Å². The first-order valence-electron chi connectivity index (χ1n) is 9.91. The van der Waals surface area contributed by atoms with Crippen LogP contribution in [0, 0.1) is 0 Å². The van der Waals surface area contributed by atoms with Crippen molar-refractivity contribution in [2.45, 2.75) is 16.7 Å². The third kappa shape index (κ3) is 9.83. The third-order valence-corrected chi connectivity index (χ3v) is 7.65. The molecule has 0 bridgehead atoms. The molecule has 0 radical (unpaired) electrons. The van der Waals surface area contributed by atoms with Gasteiger partial charge in [0, 0.05) is 0 Å². The molecule has 3 rings (SSSR count). The van der Waals surface area contributed by atoms with Gasteiger partial charge in [0.15, 0.2) is 9.84 Å². The molecule has 0 aromatic heterocycles. The molecule has 0 saturated heterocycles. The smallest absolute Gasteiger partial charge is 0.871 e. The fourth-order valence-corrected chi connectivity index (χ4v) is 5.21. The Hall–Kier alpha value is -1.48. The Morgan fingerprint density at radius 2 is 1.49 bits per heavy atom. The van der Waals surface area contributed by atoms with E-state index in [1.54, 1.807) is 0 Å². The van der Waals surface area contributed by atoms with Crippen molar-refractivity contribution in [3.05, 3.63) is 48.5 Å². The Morgan fingerprint density at radius 3 is 2.03 bits per heavy atom. The predicted molar refractivity (Wildman–Crippen MR) is 126 cm³/mol. The summed E-state index contributed by atoms with van der Waals surface area (Å²) in [4.78, 5) is 2.61. The molecule has 0 atom stereocenters. The summed E-state index contributed by atoms with van der Waals surface area (Å²) in [6, 6.07) is 9.47. The number of aliphatic imine (C=N–C) groups is 1. The van der Waals surface area contributed by atoms with E-state index in [9.17, 15) is 40.0 Å². The first-order valence-corrected chi connectivity index (χ1v) is 14.4. The summed E-state index contributed by atoms with van der Waals surface area (Å²) in [6.07, 6.45) is 0. The van der Waals surface area contributed by atoms with Gasteiger partial charge in [-0.05, 0) is 66.1 Å². The molecular weight excluding hydrogens is 600 g/mol. The van der Waals surface area contributed by atoms with E-state index in [4.69, 9.17) is 4.55 Å². The number of fused-ring (bicyclic) bond motifs is 1. The molecule has 0 fully saturated rings. The van der Waals surface area contributed by atoms with E-state index >= 15 is 0 Å². The fourth-order valence-electron chi connectivity index (χ4n) is 3.06. The van der Waals surface area contributed by atoms with Gasteiger partial charge in [0.05, 0.1) is 34.3 Å². The average Bonchev–Trinajstić information content (AvgIpc) is 2.76. The maximum Gasteiger partial charge on any atom is 1.00 e. The maximum atomic E-state index is 12.9. The summed E-state index contributed by atoms with van der Waals surface area (Å²) < 4.78 is 91.6. The molecule has 39 heavy (non-hydrogen) atoms. The van der Waals surface area contributed by atoms with Crippen LogP contribution in [0.3, 0.4) is 0 Å². The van der Waals surface area contributed by atoms with Gasteiger partial charge in [-0.1, -0.05) is 11.8 Å². The number of nitrogens with zero attached hydrogens (tertiary/aromatic N) is 3. The molecule has 19 heteroatoms. The second-order valence-corrected chi connectivity index (χ2v) is 11.9. The molecule has 0 aliphatic heterocycles. The number of azo groups is 1. The minimum absolute atomic E-state index is 0. The molecule has 0 aliphatic rings. The minimum Gasteiger partial charge on any atom is -0.871 e. The topological polar surface area (TPSA) is 235 Å². The van der Waals surface area contributed by atoms with Crippen LogP contribution < -0.4 is 69.3 Å². The van der Waals surface area contributed by atoms with Gasteiger partial charge in [0.2, 0.25) is 0 Å². The Balaban J connectivity index is 0.00000380. The van der Waals surface area contributed by atoms with Crippen molar-refractivity contribution in [2.24, 2.45) is 15.2 Å². The minimum atomic E-state index is -4.94. The van der Waals surface area contributed by atoms with Gasteiger partial charge in [-0.25, -0.2) is 12.6 Å². The Morgan fingerprint density at radius 1 is 0.897 bits per heavy atom. The van der Waals surface area contributed by atoms with Gasteiger partial charge in [0.25, 0.3) is 10.1 Å². The first kappa shape index (κ1) is 35.5. The van der Waals surface area contributed by atoms with Gasteiger partial charge < -0.3 is 10.2 Å². The van der Waals surface area contributed by atoms with Gasteiger partial charge in [-0.3, -0.25) is 14.1 Å². The molecular formula is C20H17N3Na2O11S3. The van der Waals surface area contributed by atoms with E-state index in [1.807, 2.05) is 0 Å². The number of rotatable bonds is 9. The average molecular weight is 618 g/mol. The van der Waals surface area contributed by atoms with E-state index in [0.29, 0.717) is 0 Å². The third-order valence-electron chi connectivity index (χ3n) is 4.62. The summed E-state index contributed by atoms with van der Waals surface area (Å²) in [5.41, 5.74) is -0.538. The van der Waals surface area contributed by atoms with Crippen LogP contribution in [0.15, 0.2) is 73.5 Å². The van der Waals surface area contributed by atoms with Crippen molar-refractivity contribution in [3.8, 4) is 5.75 Å². The van der Waals surface area contributed by atoms with Gasteiger partial charge >= 0.3 is 69.5 Å². The SMILES string of the molecule is CC([O-])=Nc1ccc2c([O-])c(N=Nc3ccc(S(=O)(=O)CCOS(=O)(=O)O)cc3)c(S(=O)(=O)O)cc2c1.[Na+].[Na+]. The summed E-state index contributed by atoms with van der Waals surface area (Å²) in [6.45, 7) is 0.385. The van der Waals surface area contributed by atoms with Crippen molar-refractivity contribution in [3.63, 3.8) is 0 Å². The molecule has 14 nitrogen and oxygen atoms in total. The van der Waals surface area contributed by atoms with Crippen LogP contribution in [0.2, 0.25) is 0 Å². The van der Waals surface area contributed by atoms with E-state index < -0.39 is 64.9 Å². The molecule has 0 heterocycles. The van der Waals surface area contributed by atoms with Crippen molar-refractivity contribution < 1.29 is 108 Å². The number of benzene rings is 3. The van der Waals surface area contributed by atoms with Crippen molar-refractivity contribution in [1.29, 1.82) is 0 Å². The van der Waals surface area contributed by atoms with Gasteiger partial charge in [-0.15, -0.1) is 5.11 Å². The molecule has 0 unspecified atom stereocenters. The number of hydrogen-bond donors (Lipinski definition) is 2. The number of hydrogen-bond acceptors (Lipinski definition) is 12. The summed E-state index contributed by atoms with van der Waals surface area (Å²) >= 11 is 0. The van der Waals surface area contributed by atoms with E-state index in [1.165, 1.54) is 37.3 Å². The number of sulfone groups is 1. The van der Waals surface area contributed by atoms with Gasteiger partial charge in [0.1, 0.15) is 4.90 Å². The Labute approximate surface area is 268 Å². The zero-order valence-corrected chi connectivity index (χ0v) is 27.1. The zero-order valence-electron chi connectivity index (χ0n) is 20.7. The monoisotopic (exact) mass is 617 g/mol. The molecule has 3 aromatic rings. The van der Waals surface area contributed by atoms with Crippen LogP contribution in [0.4, 0.5) is 17.1 Å². The molecule has 3 aromatic carbocycles. The standard InChI is InChI=1S/C20H19N3O11S3.2Na/c1-12(24)21-15-4-7-17-13(10-15)11-18(36(28,29)30)19(20(17)25)23-22-14-2-5-16(6-3-14)35(26,27)9-8-34-37(31,32)33;;/h2-7,10-11,25H,8-9H2,1H3,(H,21,24)(H,28,29,30)(H,31,32,33);;/q;2*+1/p-2. The second-order valence-electron chi connectivity index (χ2n) is 7.33. The van der Waals surface area contributed by atoms with Crippen LogP contribution in [0.25, 0.3) is 10.8 Å². The molecule has 0 saturated carbocycles. The summed E-state index contributed by atoms with van der Waals surface area (Å²) in [5.74, 6) is -2.17. The molecule has 198 valence electrons. The van der Waals surface area contributed by atoms with Gasteiger partial charge in [-0.2, -0.15) is 21.9 Å². The zero-order chi connectivity index (χ0) is 27.6. The van der Waals surface area contributed by atoms with Crippen LogP contribution in [0.5, 0.6) is 5.75 Å². The first-order chi connectivity index (χ1) is 17.1. The largest absolute Gasteiger partial charge is 1.00 e. The molecule has 0 spiro atoms. The van der Waals surface area contributed by atoms with E-state index in [2.05, 4.69) is 19.4 Å². The predicted octanol–water partition coefficient (Wildman–Crippen LogP) is -4.41. The Kier molecular flexibility index (Phi) is 12.7. The molecule has 2 N–H and O–H groups in total. The molecule has 0 aliphatic carbocycles. The van der Waals surface area contributed by atoms with E-state index in [0.717, 1.165) is 18.2 Å². The Bertz CT molecular complexity index is 1740. The van der Waals surface area contributed by atoms with Crippen LogP contribution >= 0.6 is 0 Å². The second kappa shape index (κ2) is 13.9. The van der Waals surface area contributed by atoms with Crippen LogP contribution in [-0.4, -0.2) is 52.6 Å². The van der Waals surface area contributed by atoms with Crippen molar-refractivity contribution in [1.82, 2.24) is 0 Å². The van der Waals surface area contributed by atoms with Crippen molar-refractivity contribution in [2.75, 3.05) is 12.4 Å². The molecule has 0 amide bonds. The summed E-state index contributed by atoms with van der Waals surface area (Å²) in [7, 11) is -13.7.